The number of carbonyl (C=O) groups excluding carboxylic acids is 3. The highest BCUT2D eigenvalue weighted by Crippen LogP contribution is 2.23. The number of nitrogens with one attached hydrogen (secondary N) is 1. The molecule has 0 fully saturated rings. The number of aryl methyl sites for hydroxylation is 1. The number of ketones is 1. The van der Waals surface area contributed by atoms with Gasteiger partial charge in [-0.2, -0.15) is 0 Å². The fourth-order valence-electron chi connectivity index (χ4n) is 2.99. The number of amides is 1. The van der Waals surface area contributed by atoms with Crippen molar-refractivity contribution in [1.82, 2.24) is 0 Å². The number of hydrogen-bond acceptors (Lipinski definition) is 6. The Labute approximate surface area is 177 Å². The Kier molecular flexibility index (Phi) is 6.51. The van der Waals surface area contributed by atoms with E-state index in [2.05, 4.69) is 5.32 Å². The van der Waals surface area contributed by atoms with Crippen molar-refractivity contribution in [1.29, 1.82) is 0 Å². The number of nitro groups is 1. The SMILES string of the molecule is Cc1cccc([N+](=O)[O-])c1C(=O)OCC(=O)Nc1ccccc1C(=O)c1ccccc1. The number of ether oxygens (including phenoxy) is 1. The molecule has 3 rings (SSSR count). The first-order valence-corrected chi connectivity index (χ1v) is 9.28. The van der Waals surface area contributed by atoms with Crippen LogP contribution in [-0.2, 0) is 9.53 Å². The van der Waals surface area contributed by atoms with Gasteiger partial charge in [-0.1, -0.05) is 54.6 Å². The Morgan fingerprint density at radius 1 is 0.935 bits per heavy atom. The van der Waals surface area contributed by atoms with E-state index in [1.54, 1.807) is 54.6 Å². The van der Waals surface area contributed by atoms with Crippen LogP contribution in [0.1, 0.15) is 31.8 Å². The summed E-state index contributed by atoms with van der Waals surface area (Å²) in [6.45, 7) is 0.868. The first-order chi connectivity index (χ1) is 14.9. The minimum absolute atomic E-state index is 0.208. The van der Waals surface area contributed by atoms with Crippen LogP contribution in [0, 0.1) is 17.0 Å². The zero-order valence-corrected chi connectivity index (χ0v) is 16.5. The van der Waals surface area contributed by atoms with Gasteiger partial charge in [0.25, 0.3) is 11.6 Å². The molecule has 3 aromatic rings. The van der Waals surface area contributed by atoms with Crippen molar-refractivity contribution in [3.05, 3.63) is 105 Å². The Morgan fingerprint density at radius 2 is 1.61 bits per heavy atom. The largest absolute Gasteiger partial charge is 0.452 e. The molecule has 0 saturated carbocycles. The van der Waals surface area contributed by atoms with Crippen LogP contribution >= 0.6 is 0 Å². The fourth-order valence-corrected chi connectivity index (χ4v) is 2.99. The van der Waals surface area contributed by atoms with Gasteiger partial charge < -0.3 is 10.1 Å². The van der Waals surface area contributed by atoms with E-state index in [9.17, 15) is 24.5 Å². The number of nitro benzene ring substituents is 1. The number of rotatable bonds is 7. The number of carbonyl (C=O) groups is 3. The summed E-state index contributed by atoms with van der Waals surface area (Å²) in [5.41, 5.74) is 0.757. The van der Waals surface area contributed by atoms with E-state index in [0.717, 1.165) is 0 Å². The topological polar surface area (TPSA) is 116 Å². The maximum atomic E-state index is 12.7. The number of anilines is 1. The van der Waals surface area contributed by atoms with Crippen LogP contribution in [0.25, 0.3) is 0 Å². The predicted molar refractivity (Wildman–Crippen MR) is 113 cm³/mol. The molecule has 8 nitrogen and oxygen atoms in total. The molecule has 0 aliphatic heterocycles. The van der Waals surface area contributed by atoms with Gasteiger partial charge in [0.2, 0.25) is 0 Å². The smallest absolute Gasteiger partial charge is 0.345 e. The lowest BCUT2D eigenvalue weighted by molar-refractivity contribution is -0.385. The molecule has 8 heteroatoms. The van der Waals surface area contributed by atoms with Gasteiger partial charge in [-0.25, -0.2) is 4.79 Å². The summed E-state index contributed by atoms with van der Waals surface area (Å²) >= 11 is 0. The predicted octanol–water partition coefficient (Wildman–Crippen LogP) is 3.93. The Balaban J connectivity index is 1.71. The van der Waals surface area contributed by atoms with Crippen LogP contribution in [0.5, 0.6) is 0 Å². The van der Waals surface area contributed by atoms with Crippen molar-refractivity contribution < 1.29 is 24.0 Å². The van der Waals surface area contributed by atoms with Crippen molar-refractivity contribution in [3.63, 3.8) is 0 Å². The molecular formula is C23H18N2O6. The normalized spacial score (nSPS) is 10.2. The summed E-state index contributed by atoms with van der Waals surface area (Å²) in [5, 5.41) is 13.7. The first kappa shape index (κ1) is 21.4. The van der Waals surface area contributed by atoms with Gasteiger partial charge in [-0.3, -0.25) is 19.7 Å². The van der Waals surface area contributed by atoms with Crippen molar-refractivity contribution in [3.8, 4) is 0 Å². The molecule has 0 heterocycles. The lowest BCUT2D eigenvalue weighted by atomic mass is 10.0. The van der Waals surface area contributed by atoms with Gasteiger partial charge in [-0.15, -0.1) is 0 Å². The second-order valence-electron chi connectivity index (χ2n) is 6.59. The van der Waals surface area contributed by atoms with Crippen molar-refractivity contribution >= 4 is 29.0 Å². The average molecular weight is 418 g/mol. The quantitative estimate of drug-likeness (QED) is 0.269. The van der Waals surface area contributed by atoms with Crippen LogP contribution in [0.3, 0.4) is 0 Å². The lowest BCUT2D eigenvalue weighted by Crippen LogP contribution is -2.23. The van der Waals surface area contributed by atoms with E-state index in [0.29, 0.717) is 11.1 Å². The summed E-state index contributed by atoms with van der Waals surface area (Å²) in [5.74, 6) is -1.93. The first-order valence-electron chi connectivity index (χ1n) is 9.28. The maximum Gasteiger partial charge on any atom is 0.345 e. The minimum atomic E-state index is -0.978. The Hall–Kier alpha value is -4.33. The van der Waals surface area contributed by atoms with Gasteiger partial charge in [0.05, 0.1) is 10.6 Å². The van der Waals surface area contributed by atoms with Crippen molar-refractivity contribution in [2.75, 3.05) is 11.9 Å². The summed E-state index contributed by atoms with van der Waals surface area (Å²) in [7, 11) is 0. The zero-order chi connectivity index (χ0) is 22.4. The molecule has 0 aliphatic carbocycles. The molecule has 0 aromatic heterocycles. The van der Waals surface area contributed by atoms with Crippen LogP contribution in [-0.4, -0.2) is 29.2 Å². The van der Waals surface area contributed by atoms with Gasteiger partial charge in [0.1, 0.15) is 5.56 Å². The third kappa shape index (κ3) is 4.99. The number of para-hydroxylation sites is 1. The Morgan fingerprint density at radius 3 is 2.32 bits per heavy atom. The molecule has 0 spiro atoms. The molecule has 0 saturated heterocycles. The van der Waals surface area contributed by atoms with Gasteiger partial charge >= 0.3 is 5.97 Å². The van der Waals surface area contributed by atoms with Gasteiger partial charge in [0, 0.05) is 17.2 Å². The molecule has 3 aromatic carbocycles. The highest BCUT2D eigenvalue weighted by atomic mass is 16.6. The number of nitrogens with zero attached hydrogens (tertiary/aromatic N) is 1. The summed E-state index contributed by atoms with van der Waals surface area (Å²) in [4.78, 5) is 47.9. The molecule has 0 radical (unpaired) electrons. The van der Waals surface area contributed by atoms with E-state index < -0.39 is 29.1 Å². The van der Waals surface area contributed by atoms with Crippen molar-refractivity contribution in [2.24, 2.45) is 0 Å². The average Bonchev–Trinajstić information content (AvgIpc) is 2.77. The number of hydrogen-bond donors (Lipinski definition) is 1. The summed E-state index contributed by atoms with van der Waals surface area (Å²) in [6.07, 6.45) is 0. The Bertz CT molecular complexity index is 1160. The molecular weight excluding hydrogens is 400 g/mol. The van der Waals surface area contributed by atoms with E-state index in [-0.39, 0.29) is 22.6 Å². The van der Waals surface area contributed by atoms with Crippen LogP contribution < -0.4 is 5.32 Å². The molecule has 0 atom stereocenters. The minimum Gasteiger partial charge on any atom is -0.452 e. The number of esters is 1. The zero-order valence-electron chi connectivity index (χ0n) is 16.5. The molecule has 156 valence electrons. The molecule has 1 amide bonds. The van der Waals surface area contributed by atoms with Crippen molar-refractivity contribution in [2.45, 2.75) is 6.92 Å². The third-order valence-electron chi connectivity index (χ3n) is 4.47. The van der Waals surface area contributed by atoms with Gasteiger partial charge in [0.15, 0.2) is 12.4 Å². The molecule has 0 bridgehead atoms. The van der Waals surface area contributed by atoms with Crippen LogP contribution in [0.4, 0.5) is 11.4 Å². The van der Waals surface area contributed by atoms with E-state index >= 15 is 0 Å². The van der Waals surface area contributed by atoms with E-state index in [1.165, 1.54) is 25.1 Å². The fraction of sp³-hybridized carbons (Fsp3) is 0.0870. The second kappa shape index (κ2) is 9.45. The molecule has 31 heavy (non-hydrogen) atoms. The third-order valence-corrected chi connectivity index (χ3v) is 4.47. The second-order valence-corrected chi connectivity index (χ2v) is 6.59. The summed E-state index contributed by atoms with van der Waals surface area (Å²) < 4.78 is 4.98. The highest BCUT2D eigenvalue weighted by Gasteiger charge is 2.24. The molecule has 1 N–H and O–H groups in total. The highest BCUT2D eigenvalue weighted by molar-refractivity contribution is 6.14. The van der Waals surface area contributed by atoms with E-state index in [1.807, 2.05) is 0 Å². The summed E-state index contributed by atoms with van der Waals surface area (Å²) in [6, 6.07) is 19.2. The molecule has 0 aliphatic rings. The van der Waals surface area contributed by atoms with Crippen LogP contribution in [0.2, 0.25) is 0 Å². The number of benzene rings is 3. The van der Waals surface area contributed by atoms with Gasteiger partial charge in [-0.05, 0) is 24.6 Å². The van der Waals surface area contributed by atoms with E-state index in [4.69, 9.17) is 4.74 Å². The molecule has 0 unspecified atom stereocenters. The van der Waals surface area contributed by atoms with Crippen LogP contribution in [0.15, 0.2) is 72.8 Å². The monoisotopic (exact) mass is 418 g/mol. The maximum absolute atomic E-state index is 12.7. The lowest BCUT2D eigenvalue weighted by Gasteiger charge is -2.11. The standard InChI is InChI=1S/C23H18N2O6/c1-15-8-7-13-19(25(29)30)21(15)23(28)31-14-20(26)24-18-12-6-5-11-17(18)22(27)16-9-3-2-4-10-16/h2-13H,14H2,1H3,(H,24,26).